The zero-order valence-electron chi connectivity index (χ0n) is 15.1. The monoisotopic (exact) mass is 382 g/mol. The number of benzene rings is 1. The lowest BCUT2D eigenvalue weighted by Crippen LogP contribution is -2.42. The van der Waals surface area contributed by atoms with Crippen LogP contribution in [-0.2, 0) is 10.2 Å². The molecule has 1 aliphatic carbocycles. The minimum atomic E-state index is -0.0121. The van der Waals surface area contributed by atoms with Gasteiger partial charge in [-0.3, -0.25) is 4.79 Å². The fraction of sp³-hybridized carbons (Fsp3) is 0.556. The molecule has 1 amide bonds. The number of halogens is 1. The van der Waals surface area contributed by atoms with E-state index >= 15 is 0 Å². The first-order valence-corrected chi connectivity index (χ1v) is 10.2. The molecule has 25 heavy (non-hydrogen) atoms. The Morgan fingerprint density at radius 2 is 2.12 bits per heavy atom. The highest BCUT2D eigenvalue weighted by Crippen LogP contribution is 2.48. The Bertz CT molecular complexity index is 617. The number of guanidine groups is 1. The molecule has 0 bridgehead atoms. The Morgan fingerprint density at radius 1 is 1.36 bits per heavy atom. The maximum Gasteiger partial charge on any atom is 0.243 e. The Kier molecular flexibility index (Phi) is 7.44. The van der Waals surface area contributed by atoms with Gasteiger partial charge in [-0.25, -0.2) is 4.99 Å². The molecule has 138 valence electrons. The van der Waals surface area contributed by atoms with Crippen LogP contribution >= 0.6 is 23.4 Å². The van der Waals surface area contributed by atoms with E-state index in [2.05, 4.69) is 27.9 Å². The lowest BCUT2D eigenvalue weighted by molar-refractivity contribution is -0.127. The van der Waals surface area contributed by atoms with Crippen LogP contribution in [0.3, 0.4) is 0 Å². The molecule has 0 radical (unpaired) electrons. The molecule has 0 unspecified atom stereocenters. The third kappa shape index (κ3) is 6.12. The Labute approximate surface area is 159 Å². The lowest BCUT2D eigenvalue weighted by Gasteiger charge is -2.20. The summed E-state index contributed by atoms with van der Waals surface area (Å²) >= 11 is 7.91. The van der Waals surface area contributed by atoms with E-state index in [1.54, 1.807) is 30.8 Å². The number of likely N-dealkylation sites (N-methyl/N-ethyl adjacent to an activating group) is 1. The minimum Gasteiger partial charge on any atom is -0.356 e. The van der Waals surface area contributed by atoms with Crippen LogP contribution in [0.1, 0.15) is 18.4 Å². The molecule has 1 aromatic rings. The highest BCUT2D eigenvalue weighted by Gasteiger charge is 2.44. The second-order valence-corrected chi connectivity index (χ2v) is 7.94. The molecule has 0 atom stereocenters. The molecule has 1 aromatic carbocycles. The van der Waals surface area contributed by atoms with Crippen molar-refractivity contribution in [1.29, 1.82) is 0 Å². The van der Waals surface area contributed by atoms with Crippen molar-refractivity contribution in [3.8, 4) is 0 Å². The van der Waals surface area contributed by atoms with Crippen molar-refractivity contribution in [2.45, 2.75) is 18.3 Å². The van der Waals surface area contributed by atoms with Crippen molar-refractivity contribution in [2.24, 2.45) is 4.99 Å². The summed E-state index contributed by atoms with van der Waals surface area (Å²) in [6.07, 6.45) is 4.34. The predicted octanol–water partition coefficient (Wildman–Crippen LogP) is 2.36. The van der Waals surface area contributed by atoms with Gasteiger partial charge in [-0.15, -0.1) is 0 Å². The predicted molar refractivity (Wildman–Crippen MR) is 108 cm³/mol. The molecule has 0 aromatic heterocycles. The van der Waals surface area contributed by atoms with E-state index in [1.807, 2.05) is 18.2 Å². The number of hydrogen-bond donors (Lipinski definition) is 2. The fourth-order valence-electron chi connectivity index (χ4n) is 2.52. The SMILES string of the molecule is CSCCNC(=NCC(=O)N(C)C)NCC1(c2cccc(Cl)c2)CC1. The molecule has 0 spiro atoms. The zero-order chi connectivity index (χ0) is 18.3. The smallest absolute Gasteiger partial charge is 0.243 e. The molecule has 2 N–H and O–H groups in total. The molecule has 1 fully saturated rings. The normalized spacial score (nSPS) is 15.6. The largest absolute Gasteiger partial charge is 0.356 e. The number of rotatable bonds is 8. The summed E-state index contributed by atoms with van der Waals surface area (Å²) in [5, 5.41) is 7.48. The topological polar surface area (TPSA) is 56.7 Å². The van der Waals surface area contributed by atoms with Crippen LogP contribution < -0.4 is 10.6 Å². The van der Waals surface area contributed by atoms with Gasteiger partial charge in [0.25, 0.3) is 0 Å². The average Bonchev–Trinajstić information content (AvgIpc) is 3.37. The number of carbonyl (C=O) groups is 1. The van der Waals surface area contributed by atoms with Crippen molar-refractivity contribution in [1.82, 2.24) is 15.5 Å². The van der Waals surface area contributed by atoms with Crippen LogP contribution in [0, 0.1) is 0 Å². The molecule has 1 aliphatic rings. The maximum absolute atomic E-state index is 11.8. The van der Waals surface area contributed by atoms with Crippen LogP contribution in [0.2, 0.25) is 5.02 Å². The standard InChI is InChI=1S/C18H27ClN4OS/c1-23(2)16(24)12-21-17(20-9-10-25-3)22-13-18(7-8-18)14-5-4-6-15(19)11-14/h4-6,11H,7-10,12-13H2,1-3H3,(H2,20,21,22). The van der Waals surface area contributed by atoms with Gasteiger partial charge in [0.05, 0.1) is 0 Å². The Hall–Kier alpha value is -1.40. The van der Waals surface area contributed by atoms with E-state index in [-0.39, 0.29) is 17.9 Å². The van der Waals surface area contributed by atoms with Crippen LogP contribution in [-0.4, -0.2) is 62.5 Å². The third-order valence-electron chi connectivity index (χ3n) is 4.35. The van der Waals surface area contributed by atoms with E-state index in [9.17, 15) is 4.79 Å². The van der Waals surface area contributed by atoms with Gasteiger partial charge < -0.3 is 15.5 Å². The number of thioether (sulfide) groups is 1. The van der Waals surface area contributed by atoms with Crippen LogP contribution in [0.25, 0.3) is 0 Å². The molecule has 5 nitrogen and oxygen atoms in total. The molecule has 0 heterocycles. The van der Waals surface area contributed by atoms with Gasteiger partial charge in [0.1, 0.15) is 6.54 Å². The molecule has 2 rings (SSSR count). The second kappa shape index (κ2) is 9.34. The van der Waals surface area contributed by atoms with E-state index in [4.69, 9.17) is 11.6 Å². The zero-order valence-corrected chi connectivity index (χ0v) is 16.7. The summed E-state index contributed by atoms with van der Waals surface area (Å²) < 4.78 is 0. The van der Waals surface area contributed by atoms with Crippen molar-refractivity contribution in [2.75, 3.05) is 45.7 Å². The average molecular weight is 383 g/mol. The summed E-state index contributed by atoms with van der Waals surface area (Å²) in [7, 11) is 3.48. The Morgan fingerprint density at radius 3 is 2.72 bits per heavy atom. The van der Waals surface area contributed by atoms with E-state index in [0.29, 0.717) is 5.96 Å². The van der Waals surface area contributed by atoms with Gasteiger partial charge in [0.15, 0.2) is 5.96 Å². The van der Waals surface area contributed by atoms with Gasteiger partial charge in [-0.05, 0) is 36.8 Å². The first-order valence-electron chi connectivity index (χ1n) is 8.44. The molecular formula is C18H27ClN4OS. The van der Waals surface area contributed by atoms with E-state index in [1.165, 1.54) is 5.56 Å². The second-order valence-electron chi connectivity index (χ2n) is 6.52. The summed E-state index contributed by atoms with van der Waals surface area (Å²) in [6, 6.07) is 8.08. The summed E-state index contributed by atoms with van der Waals surface area (Å²) in [5.41, 5.74) is 1.39. The van der Waals surface area contributed by atoms with E-state index < -0.39 is 0 Å². The summed E-state index contributed by atoms with van der Waals surface area (Å²) in [4.78, 5) is 17.8. The van der Waals surface area contributed by atoms with Gasteiger partial charge in [-0.1, -0.05) is 23.7 Å². The van der Waals surface area contributed by atoms with Crippen LogP contribution in [0.15, 0.2) is 29.3 Å². The Balaban J connectivity index is 1.98. The first kappa shape index (κ1) is 19.9. The number of nitrogens with one attached hydrogen (secondary N) is 2. The van der Waals surface area contributed by atoms with Crippen LogP contribution in [0.5, 0.6) is 0 Å². The molecule has 1 saturated carbocycles. The number of carbonyl (C=O) groups excluding carboxylic acids is 1. The molecule has 7 heteroatoms. The van der Waals surface area contributed by atoms with E-state index in [0.717, 1.165) is 36.7 Å². The highest BCUT2D eigenvalue weighted by molar-refractivity contribution is 7.98. The number of hydrogen-bond acceptors (Lipinski definition) is 3. The van der Waals surface area contributed by atoms with Gasteiger partial charge in [0.2, 0.25) is 5.91 Å². The van der Waals surface area contributed by atoms with Gasteiger partial charge in [-0.2, -0.15) is 11.8 Å². The first-order chi connectivity index (χ1) is 12.0. The highest BCUT2D eigenvalue weighted by atomic mass is 35.5. The number of nitrogens with zero attached hydrogens (tertiary/aromatic N) is 2. The van der Waals surface area contributed by atoms with Crippen molar-refractivity contribution in [3.05, 3.63) is 34.9 Å². The molecule has 0 aliphatic heterocycles. The van der Waals surface area contributed by atoms with Crippen molar-refractivity contribution < 1.29 is 4.79 Å². The van der Waals surface area contributed by atoms with Crippen molar-refractivity contribution in [3.63, 3.8) is 0 Å². The lowest BCUT2D eigenvalue weighted by atomic mass is 9.96. The summed E-state index contributed by atoms with van der Waals surface area (Å²) in [6.45, 7) is 1.74. The van der Waals surface area contributed by atoms with Gasteiger partial charge in [0, 0.05) is 43.4 Å². The minimum absolute atomic E-state index is 0.0121. The third-order valence-corrected chi connectivity index (χ3v) is 5.20. The summed E-state index contributed by atoms with van der Waals surface area (Å²) in [5.74, 6) is 1.67. The fourth-order valence-corrected chi connectivity index (χ4v) is 3.02. The van der Waals surface area contributed by atoms with Crippen LogP contribution in [0.4, 0.5) is 0 Å². The van der Waals surface area contributed by atoms with Gasteiger partial charge >= 0.3 is 0 Å². The maximum atomic E-state index is 11.8. The molecular weight excluding hydrogens is 356 g/mol. The number of amides is 1. The number of aliphatic imine (C=N–C) groups is 1. The van der Waals surface area contributed by atoms with Crippen molar-refractivity contribution >= 4 is 35.2 Å². The molecule has 0 saturated heterocycles. The quantitative estimate of drug-likeness (QED) is 0.411.